The molecule has 0 spiro atoms. The first-order valence-electron chi connectivity index (χ1n) is 6.52. The zero-order chi connectivity index (χ0) is 18.3. The molecular weight excluding hydrogens is 336 g/mol. The molecule has 7 nitrogen and oxygen atoms in total. The third-order valence-corrected chi connectivity index (χ3v) is 2.43. The molecule has 0 radical (unpaired) electrons. The number of hydrogen-bond acceptors (Lipinski definition) is 4. The van der Waals surface area contributed by atoms with Gasteiger partial charge in [0.15, 0.2) is 0 Å². The first-order valence-corrected chi connectivity index (χ1v) is 6.52. The van der Waals surface area contributed by atoms with E-state index in [4.69, 9.17) is 0 Å². The summed E-state index contributed by atoms with van der Waals surface area (Å²) in [7, 11) is 0. The number of alkyl halides is 3. The van der Waals surface area contributed by atoms with Crippen molar-refractivity contribution in [1.29, 1.82) is 0 Å². The average Bonchev–Trinajstić information content (AvgIpc) is 2.45. The molecular formula is C13H14F4N4O3. The molecule has 1 aromatic rings. The Labute approximate surface area is 133 Å². The van der Waals surface area contributed by atoms with E-state index in [-0.39, 0.29) is 11.4 Å². The van der Waals surface area contributed by atoms with Gasteiger partial charge in [-0.2, -0.15) is 13.2 Å². The average molecular weight is 350 g/mol. The van der Waals surface area contributed by atoms with Crippen LogP contribution in [-0.4, -0.2) is 37.1 Å². The fourth-order valence-electron chi connectivity index (χ4n) is 1.50. The van der Waals surface area contributed by atoms with Crippen LogP contribution in [0.25, 0.3) is 0 Å². The van der Waals surface area contributed by atoms with Crippen LogP contribution in [0.4, 0.5) is 33.7 Å². The highest BCUT2D eigenvalue weighted by molar-refractivity contribution is 5.96. The summed E-state index contributed by atoms with van der Waals surface area (Å²) in [6, 6.07) is 2.24. The number of imide groups is 1. The van der Waals surface area contributed by atoms with Gasteiger partial charge in [-0.15, -0.1) is 0 Å². The second-order valence-corrected chi connectivity index (χ2v) is 4.58. The molecule has 0 saturated heterocycles. The molecule has 1 rings (SSSR count). The molecule has 0 bridgehead atoms. The Morgan fingerprint density at radius 3 is 2.42 bits per heavy atom. The van der Waals surface area contributed by atoms with Gasteiger partial charge in [-0.05, 0) is 18.2 Å². The normalized spacial score (nSPS) is 10.7. The minimum atomic E-state index is -4.59. The number of urea groups is 1. The first kappa shape index (κ1) is 19.2. The fourth-order valence-corrected chi connectivity index (χ4v) is 1.50. The van der Waals surface area contributed by atoms with Crippen molar-refractivity contribution >= 4 is 29.2 Å². The molecule has 0 aliphatic carbocycles. The van der Waals surface area contributed by atoms with E-state index >= 15 is 0 Å². The largest absolute Gasteiger partial charge is 0.405 e. The molecule has 0 aliphatic rings. The zero-order valence-electron chi connectivity index (χ0n) is 12.4. The number of halogens is 4. The Morgan fingerprint density at radius 1 is 1.17 bits per heavy atom. The third kappa shape index (κ3) is 7.42. The van der Waals surface area contributed by atoms with Gasteiger partial charge in [0.25, 0.3) is 0 Å². The molecule has 132 valence electrons. The minimum Gasteiger partial charge on any atom is -0.376 e. The smallest absolute Gasteiger partial charge is 0.376 e. The van der Waals surface area contributed by atoms with Crippen LogP contribution in [0.5, 0.6) is 0 Å². The van der Waals surface area contributed by atoms with Gasteiger partial charge < -0.3 is 16.0 Å². The van der Waals surface area contributed by atoms with Crippen LogP contribution < -0.4 is 21.3 Å². The topological polar surface area (TPSA) is 99.3 Å². The van der Waals surface area contributed by atoms with Gasteiger partial charge in [0.05, 0.1) is 12.2 Å². The predicted molar refractivity (Wildman–Crippen MR) is 76.8 cm³/mol. The van der Waals surface area contributed by atoms with Gasteiger partial charge in [-0.3, -0.25) is 14.9 Å². The summed E-state index contributed by atoms with van der Waals surface area (Å²) in [4.78, 5) is 33.4. The summed E-state index contributed by atoms with van der Waals surface area (Å²) in [5.74, 6) is -2.09. The second-order valence-electron chi connectivity index (χ2n) is 4.58. The van der Waals surface area contributed by atoms with Crippen LogP contribution in [0.2, 0.25) is 0 Å². The molecule has 0 unspecified atom stereocenters. The number of benzene rings is 1. The molecule has 0 fully saturated rings. The van der Waals surface area contributed by atoms with Gasteiger partial charge in [0, 0.05) is 12.6 Å². The van der Waals surface area contributed by atoms with Crippen molar-refractivity contribution in [3.8, 4) is 0 Å². The highest BCUT2D eigenvalue weighted by atomic mass is 19.4. The molecule has 11 heteroatoms. The lowest BCUT2D eigenvalue weighted by atomic mass is 10.2. The summed E-state index contributed by atoms with van der Waals surface area (Å²) >= 11 is 0. The van der Waals surface area contributed by atoms with Crippen molar-refractivity contribution in [3.05, 3.63) is 24.0 Å². The Morgan fingerprint density at radius 2 is 1.83 bits per heavy atom. The third-order valence-electron chi connectivity index (χ3n) is 2.43. The van der Waals surface area contributed by atoms with Gasteiger partial charge >= 0.3 is 12.2 Å². The summed E-state index contributed by atoms with van der Waals surface area (Å²) < 4.78 is 49.1. The first-order chi connectivity index (χ1) is 11.1. The van der Waals surface area contributed by atoms with E-state index in [1.54, 1.807) is 5.32 Å². The quantitative estimate of drug-likeness (QED) is 0.606. The Kier molecular flexibility index (Phi) is 6.50. The van der Waals surface area contributed by atoms with Crippen LogP contribution in [0.15, 0.2) is 18.2 Å². The van der Waals surface area contributed by atoms with E-state index in [2.05, 4.69) is 10.6 Å². The van der Waals surface area contributed by atoms with Crippen LogP contribution >= 0.6 is 0 Å². The summed E-state index contributed by atoms with van der Waals surface area (Å²) in [5, 5.41) is 7.92. The molecule has 0 aliphatic heterocycles. The standard InChI is InChI=1S/C13H14F4N4O3/c1-7(22)20-10-4-8(2-3-9(10)14)18-5-11(23)21-12(24)19-6-13(15,16)17/h2-4,18H,5-6H2,1H3,(H,20,22)(H2,19,21,23,24). The highest BCUT2D eigenvalue weighted by Crippen LogP contribution is 2.19. The van der Waals surface area contributed by atoms with Gasteiger partial charge in [-0.1, -0.05) is 0 Å². The van der Waals surface area contributed by atoms with Gasteiger partial charge in [0.2, 0.25) is 11.8 Å². The van der Waals surface area contributed by atoms with Crippen LogP contribution in [0.1, 0.15) is 6.92 Å². The maximum absolute atomic E-state index is 13.4. The molecule has 0 saturated carbocycles. The van der Waals surface area contributed by atoms with Gasteiger partial charge in [0.1, 0.15) is 12.4 Å². The molecule has 24 heavy (non-hydrogen) atoms. The maximum atomic E-state index is 13.4. The predicted octanol–water partition coefficient (Wildman–Crippen LogP) is 1.58. The van der Waals surface area contributed by atoms with Crippen molar-refractivity contribution in [1.82, 2.24) is 10.6 Å². The molecule has 4 amide bonds. The molecule has 4 N–H and O–H groups in total. The minimum absolute atomic E-state index is 0.115. The van der Waals surface area contributed by atoms with Gasteiger partial charge in [-0.25, -0.2) is 9.18 Å². The number of anilines is 2. The molecule has 0 atom stereocenters. The summed E-state index contributed by atoms with van der Waals surface area (Å²) in [6.45, 7) is -0.839. The second kappa shape index (κ2) is 8.13. The van der Waals surface area contributed by atoms with Crippen LogP contribution in [-0.2, 0) is 9.59 Å². The van der Waals surface area contributed by atoms with E-state index in [1.807, 2.05) is 0 Å². The fraction of sp³-hybridized carbons (Fsp3) is 0.308. The lowest BCUT2D eigenvalue weighted by Gasteiger charge is -2.11. The van der Waals surface area contributed by atoms with Crippen LogP contribution in [0.3, 0.4) is 0 Å². The van der Waals surface area contributed by atoms with Crippen molar-refractivity contribution in [2.75, 3.05) is 23.7 Å². The molecule has 0 heterocycles. The Bertz CT molecular complexity index is 634. The van der Waals surface area contributed by atoms with E-state index in [1.165, 1.54) is 24.4 Å². The maximum Gasteiger partial charge on any atom is 0.405 e. The van der Waals surface area contributed by atoms with Crippen molar-refractivity contribution < 1.29 is 31.9 Å². The lowest BCUT2D eigenvalue weighted by Crippen LogP contribution is -2.45. The zero-order valence-corrected chi connectivity index (χ0v) is 12.4. The number of amides is 4. The monoisotopic (exact) mass is 350 g/mol. The van der Waals surface area contributed by atoms with E-state index < -0.39 is 42.9 Å². The van der Waals surface area contributed by atoms with Crippen molar-refractivity contribution in [2.24, 2.45) is 0 Å². The number of hydrogen-bond donors (Lipinski definition) is 4. The number of carbonyl (C=O) groups excluding carboxylic acids is 3. The number of rotatable bonds is 5. The SMILES string of the molecule is CC(=O)Nc1cc(NCC(=O)NC(=O)NCC(F)(F)F)ccc1F. The van der Waals surface area contributed by atoms with Crippen molar-refractivity contribution in [2.45, 2.75) is 13.1 Å². The van der Waals surface area contributed by atoms with E-state index in [0.717, 1.165) is 6.07 Å². The molecule has 1 aromatic carbocycles. The molecule has 0 aromatic heterocycles. The Balaban J connectivity index is 2.49. The van der Waals surface area contributed by atoms with Crippen LogP contribution in [0, 0.1) is 5.82 Å². The van der Waals surface area contributed by atoms with E-state index in [9.17, 15) is 31.9 Å². The summed E-state index contributed by atoms with van der Waals surface area (Å²) in [6.07, 6.45) is -4.59. The van der Waals surface area contributed by atoms with Crippen molar-refractivity contribution in [3.63, 3.8) is 0 Å². The van der Waals surface area contributed by atoms with E-state index in [0.29, 0.717) is 0 Å². The number of nitrogens with one attached hydrogen (secondary N) is 4. The Hall–Kier alpha value is -2.85. The highest BCUT2D eigenvalue weighted by Gasteiger charge is 2.27. The summed E-state index contributed by atoms with van der Waals surface area (Å²) in [5.41, 5.74) is 0.141. The number of carbonyl (C=O) groups is 3. The lowest BCUT2D eigenvalue weighted by molar-refractivity contribution is -0.124.